The molecule has 0 fully saturated rings. The molecule has 2 rings (SSSR count). The molecule has 0 aliphatic heterocycles. The minimum Gasteiger partial charge on any atom is -0.493 e. The lowest BCUT2D eigenvalue weighted by atomic mass is 10.2. The van der Waals surface area contributed by atoms with Gasteiger partial charge in [-0.3, -0.25) is 0 Å². The Kier molecular flexibility index (Phi) is 5.27. The Balaban J connectivity index is 2.05. The van der Waals surface area contributed by atoms with E-state index in [9.17, 15) is 8.78 Å². The first kappa shape index (κ1) is 15.4. The van der Waals surface area contributed by atoms with Crippen LogP contribution in [-0.2, 0) is 5.75 Å². The van der Waals surface area contributed by atoms with Crippen LogP contribution in [0.3, 0.4) is 0 Å². The molecule has 0 spiro atoms. The van der Waals surface area contributed by atoms with Gasteiger partial charge in [-0.15, -0.1) is 11.8 Å². The van der Waals surface area contributed by atoms with Crippen molar-refractivity contribution in [2.75, 3.05) is 12.8 Å². The number of nitrogens with two attached hydrogens (primary N) is 1. The zero-order valence-corrected chi connectivity index (χ0v) is 12.2. The molecular formula is C15H15F2NO2S. The molecule has 0 amide bonds. The Morgan fingerprint density at radius 1 is 1.10 bits per heavy atom. The summed E-state index contributed by atoms with van der Waals surface area (Å²) in [6.07, 6.45) is 0. The van der Waals surface area contributed by atoms with Crippen LogP contribution in [0.4, 0.5) is 14.5 Å². The van der Waals surface area contributed by atoms with Crippen LogP contribution in [0.5, 0.6) is 11.5 Å². The van der Waals surface area contributed by atoms with E-state index in [4.69, 9.17) is 10.5 Å². The van der Waals surface area contributed by atoms with Crippen LogP contribution < -0.4 is 15.2 Å². The summed E-state index contributed by atoms with van der Waals surface area (Å²) in [7, 11) is 1.42. The van der Waals surface area contributed by atoms with Gasteiger partial charge in [0.25, 0.3) is 0 Å². The molecule has 2 aromatic carbocycles. The number of alkyl halides is 2. The molecule has 0 atom stereocenters. The van der Waals surface area contributed by atoms with Gasteiger partial charge >= 0.3 is 6.61 Å². The third-order valence-corrected chi connectivity index (χ3v) is 3.81. The molecule has 6 heteroatoms. The normalized spacial score (nSPS) is 10.7. The number of benzene rings is 2. The van der Waals surface area contributed by atoms with Crippen molar-refractivity contribution in [2.24, 2.45) is 0 Å². The highest BCUT2D eigenvalue weighted by Crippen LogP contribution is 2.32. The Morgan fingerprint density at radius 3 is 2.43 bits per heavy atom. The van der Waals surface area contributed by atoms with Crippen molar-refractivity contribution in [3.05, 3.63) is 48.0 Å². The SMILES string of the molecule is COc1cc(CSc2ccc(N)cc2)ccc1OC(F)F. The maximum absolute atomic E-state index is 12.2. The van der Waals surface area contributed by atoms with E-state index in [1.54, 1.807) is 23.9 Å². The van der Waals surface area contributed by atoms with Crippen LogP contribution in [0, 0.1) is 0 Å². The van der Waals surface area contributed by atoms with Gasteiger partial charge in [-0.25, -0.2) is 0 Å². The first-order valence-electron chi connectivity index (χ1n) is 6.18. The topological polar surface area (TPSA) is 44.5 Å². The van der Waals surface area contributed by atoms with E-state index in [2.05, 4.69) is 4.74 Å². The summed E-state index contributed by atoms with van der Waals surface area (Å²) in [6, 6.07) is 12.5. The van der Waals surface area contributed by atoms with Crippen LogP contribution in [0.1, 0.15) is 5.56 Å². The van der Waals surface area contributed by atoms with Crippen molar-refractivity contribution in [1.29, 1.82) is 0 Å². The van der Waals surface area contributed by atoms with Gasteiger partial charge in [0.1, 0.15) is 0 Å². The van der Waals surface area contributed by atoms with Crippen LogP contribution >= 0.6 is 11.8 Å². The van der Waals surface area contributed by atoms with Gasteiger partial charge in [0.05, 0.1) is 7.11 Å². The van der Waals surface area contributed by atoms with Gasteiger partial charge in [-0.2, -0.15) is 8.78 Å². The third-order valence-electron chi connectivity index (χ3n) is 2.73. The predicted octanol–water partition coefficient (Wildman–Crippen LogP) is 4.17. The Morgan fingerprint density at radius 2 is 1.81 bits per heavy atom. The zero-order valence-electron chi connectivity index (χ0n) is 11.4. The Labute approximate surface area is 126 Å². The summed E-state index contributed by atoms with van der Waals surface area (Å²) in [5.41, 5.74) is 7.30. The molecule has 0 saturated heterocycles. The number of nitrogen functional groups attached to an aromatic ring is 1. The molecule has 21 heavy (non-hydrogen) atoms. The first-order valence-corrected chi connectivity index (χ1v) is 7.17. The van der Waals surface area contributed by atoms with Gasteiger partial charge < -0.3 is 15.2 Å². The smallest absolute Gasteiger partial charge is 0.387 e. The predicted molar refractivity (Wildman–Crippen MR) is 80.0 cm³/mol. The summed E-state index contributed by atoms with van der Waals surface area (Å²) in [6.45, 7) is -2.87. The van der Waals surface area contributed by atoms with Gasteiger partial charge in [0.15, 0.2) is 11.5 Å². The van der Waals surface area contributed by atoms with Crippen molar-refractivity contribution in [1.82, 2.24) is 0 Å². The number of hydrogen-bond acceptors (Lipinski definition) is 4. The van der Waals surface area contributed by atoms with Crippen LogP contribution in [0.15, 0.2) is 47.4 Å². The molecule has 2 N–H and O–H groups in total. The molecule has 0 heterocycles. The fraction of sp³-hybridized carbons (Fsp3) is 0.200. The van der Waals surface area contributed by atoms with E-state index in [0.717, 1.165) is 16.1 Å². The Bertz CT molecular complexity index is 591. The number of rotatable bonds is 6. The molecule has 0 radical (unpaired) electrons. The minimum atomic E-state index is -2.87. The highest BCUT2D eigenvalue weighted by molar-refractivity contribution is 7.98. The van der Waals surface area contributed by atoms with E-state index < -0.39 is 6.61 Å². The second-order valence-electron chi connectivity index (χ2n) is 4.22. The average Bonchev–Trinajstić information content (AvgIpc) is 2.47. The number of anilines is 1. The number of hydrogen-bond donors (Lipinski definition) is 1. The van der Waals surface area contributed by atoms with Gasteiger partial charge in [-0.1, -0.05) is 6.07 Å². The summed E-state index contributed by atoms with van der Waals surface area (Å²) < 4.78 is 34.0. The summed E-state index contributed by atoms with van der Waals surface area (Å²) in [5, 5.41) is 0. The van der Waals surface area contributed by atoms with Crippen LogP contribution in [0.2, 0.25) is 0 Å². The maximum Gasteiger partial charge on any atom is 0.387 e. The van der Waals surface area contributed by atoms with Crippen LogP contribution in [0.25, 0.3) is 0 Å². The highest BCUT2D eigenvalue weighted by Gasteiger charge is 2.11. The molecule has 0 aliphatic carbocycles. The first-order chi connectivity index (χ1) is 10.1. The number of halogens is 2. The fourth-order valence-corrected chi connectivity index (χ4v) is 2.57. The quantitative estimate of drug-likeness (QED) is 0.642. The second kappa shape index (κ2) is 7.17. The van der Waals surface area contributed by atoms with E-state index in [-0.39, 0.29) is 5.75 Å². The largest absolute Gasteiger partial charge is 0.493 e. The average molecular weight is 311 g/mol. The van der Waals surface area contributed by atoms with Crippen molar-refractivity contribution < 1.29 is 18.3 Å². The zero-order chi connectivity index (χ0) is 15.2. The van der Waals surface area contributed by atoms with Crippen molar-refractivity contribution in [3.63, 3.8) is 0 Å². The molecule has 2 aromatic rings. The van der Waals surface area contributed by atoms with E-state index in [1.165, 1.54) is 13.2 Å². The van der Waals surface area contributed by atoms with E-state index >= 15 is 0 Å². The summed E-state index contributed by atoms with van der Waals surface area (Å²) >= 11 is 1.62. The lowest BCUT2D eigenvalue weighted by Gasteiger charge is -2.11. The second-order valence-corrected chi connectivity index (χ2v) is 5.27. The van der Waals surface area contributed by atoms with Crippen molar-refractivity contribution >= 4 is 17.4 Å². The van der Waals surface area contributed by atoms with Crippen molar-refractivity contribution in [3.8, 4) is 11.5 Å². The fourth-order valence-electron chi connectivity index (χ4n) is 1.73. The van der Waals surface area contributed by atoms with E-state index in [1.807, 2.05) is 24.3 Å². The summed E-state index contributed by atoms with van der Waals surface area (Å²) in [4.78, 5) is 1.08. The maximum atomic E-state index is 12.2. The lowest BCUT2D eigenvalue weighted by molar-refractivity contribution is -0.0512. The number of thioether (sulfide) groups is 1. The summed E-state index contributed by atoms with van der Waals surface area (Å²) in [5.74, 6) is 1.02. The molecule has 0 unspecified atom stereocenters. The highest BCUT2D eigenvalue weighted by atomic mass is 32.2. The Hall–Kier alpha value is -1.95. The minimum absolute atomic E-state index is 0.0359. The van der Waals surface area contributed by atoms with E-state index in [0.29, 0.717) is 11.5 Å². The van der Waals surface area contributed by atoms with Crippen molar-refractivity contribution in [2.45, 2.75) is 17.3 Å². The molecule has 3 nitrogen and oxygen atoms in total. The number of methoxy groups -OCH3 is 1. The van der Waals surface area contributed by atoms with Gasteiger partial charge in [0, 0.05) is 16.3 Å². The van der Waals surface area contributed by atoms with Crippen LogP contribution in [-0.4, -0.2) is 13.7 Å². The standard InChI is InChI=1S/C15H15F2NO2S/c1-19-14-8-10(2-7-13(14)20-15(16)17)9-21-12-5-3-11(18)4-6-12/h2-8,15H,9,18H2,1H3. The third kappa shape index (κ3) is 4.53. The molecule has 0 bridgehead atoms. The van der Waals surface area contributed by atoms with Gasteiger partial charge in [-0.05, 0) is 42.0 Å². The lowest BCUT2D eigenvalue weighted by Crippen LogP contribution is -2.03. The molecule has 0 aliphatic rings. The van der Waals surface area contributed by atoms with Gasteiger partial charge in [0.2, 0.25) is 0 Å². The molecule has 0 saturated carbocycles. The molecule has 0 aromatic heterocycles. The molecule has 112 valence electrons. The number of ether oxygens (including phenoxy) is 2. The molecular weight excluding hydrogens is 296 g/mol. The monoisotopic (exact) mass is 311 g/mol.